The van der Waals surface area contributed by atoms with Gasteiger partial charge in [0.1, 0.15) is 4.88 Å². The number of ether oxygens (including phenoxy) is 1. The van der Waals surface area contributed by atoms with Crippen molar-refractivity contribution >= 4 is 33.3 Å². The van der Waals surface area contributed by atoms with Crippen LogP contribution in [0.15, 0.2) is 24.4 Å². The molecule has 0 aliphatic rings. The second kappa shape index (κ2) is 11.1. The molecule has 32 heavy (non-hydrogen) atoms. The number of rotatable bonds is 11. The molecule has 3 rings (SSSR count). The summed E-state index contributed by atoms with van der Waals surface area (Å²) in [6.45, 7) is 6.80. The molecule has 1 N–H and O–H groups in total. The van der Waals surface area contributed by atoms with E-state index in [-0.39, 0.29) is 5.97 Å². The summed E-state index contributed by atoms with van der Waals surface area (Å²) >= 11 is 1.39. The average Bonchev–Trinajstić information content (AvgIpc) is 3.38. The third-order valence-corrected chi connectivity index (χ3v) is 6.77. The summed E-state index contributed by atoms with van der Waals surface area (Å²) in [6, 6.07) is 8.01. The lowest BCUT2D eigenvalue weighted by Crippen LogP contribution is -2.31. The van der Waals surface area contributed by atoms with Gasteiger partial charge in [0.2, 0.25) is 0 Å². The van der Waals surface area contributed by atoms with Crippen LogP contribution in [0.3, 0.4) is 0 Å². The number of aromatic nitrogens is 2. The number of H-pyrrole nitrogens is 1. The molecule has 170 valence electrons. The Bertz CT molecular complexity index is 1100. The van der Waals surface area contributed by atoms with Crippen LogP contribution in [0.5, 0.6) is 0 Å². The van der Waals surface area contributed by atoms with Gasteiger partial charge in [0.25, 0.3) is 0 Å². The van der Waals surface area contributed by atoms with Gasteiger partial charge in [-0.3, -0.25) is 0 Å². The van der Waals surface area contributed by atoms with E-state index in [1.165, 1.54) is 16.9 Å². The van der Waals surface area contributed by atoms with Crippen LogP contribution in [-0.2, 0) is 11.2 Å². The van der Waals surface area contributed by atoms with Crippen molar-refractivity contribution in [1.29, 1.82) is 5.26 Å². The number of carbonyl (C=O) groups excluding carboxylic acids is 1. The van der Waals surface area contributed by atoms with Crippen molar-refractivity contribution in [2.24, 2.45) is 0 Å². The van der Waals surface area contributed by atoms with Gasteiger partial charge in [0.15, 0.2) is 5.13 Å². The Balaban J connectivity index is 1.42. The van der Waals surface area contributed by atoms with Gasteiger partial charge >= 0.3 is 5.97 Å². The van der Waals surface area contributed by atoms with E-state index >= 15 is 0 Å². The molecule has 0 bridgehead atoms. The van der Waals surface area contributed by atoms with E-state index in [1.807, 2.05) is 39.1 Å². The molecule has 0 atom stereocenters. The van der Waals surface area contributed by atoms with E-state index < -0.39 is 0 Å². The minimum absolute atomic E-state index is 0.293. The fourth-order valence-electron chi connectivity index (χ4n) is 3.61. The zero-order chi connectivity index (χ0) is 23.1. The lowest BCUT2D eigenvalue weighted by molar-refractivity contribution is 0.0531. The number of hydrogen-bond acceptors (Lipinski definition) is 7. The molecular weight excluding hydrogens is 422 g/mol. The summed E-state index contributed by atoms with van der Waals surface area (Å²) in [5.41, 5.74) is 3.79. The summed E-state index contributed by atoms with van der Waals surface area (Å²) in [6.07, 6.45) is 5.26. The predicted molar refractivity (Wildman–Crippen MR) is 130 cm³/mol. The van der Waals surface area contributed by atoms with Crippen LogP contribution in [0.1, 0.15) is 46.3 Å². The highest BCUT2D eigenvalue weighted by molar-refractivity contribution is 7.17. The number of aryl methyl sites for hydroxylation is 2. The first kappa shape index (κ1) is 23.8. The molecular formula is C24H31N5O2S. The van der Waals surface area contributed by atoms with Crippen LogP contribution >= 0.6 is 11.3 Å². The van der Waals surface area contributed by atoms with Crippen LogP contribution in [0.25, 0.3) is 10.9 Å². The summed E-state index contributed by atoms with van der Waals surface area (Å²) in [5, 5.41) is 11.1. The number of nitrogens with zero attached hydrogens (tertiary/aromatic N) is 4. The number of nitrogens with one attached hydrogen (secondary N) is 1. The standard InChI is InChI=1S/C24H31N5O2S/c1-5-31-23(30)22-17(2)27-24(32-22)29(4)13-12-28(3)11-7-6-8-19-16-26-21-10-9-18(15-25)14-20(19)21/h9-10,14,16,26H,5-8,11-13H2,1-4H3. The molecule has 2 heterocycles. The second-order valence-electron chi connectivity index (χ2n) is 8.00. The maximum Gasteiger partial charge on any atom is 0.350 e. The highest BCUT2D eigenvalue weighted by atomic mass is 32.1. The van der Waals surface area contributed by atoms with Crippen molar-refractivity contribution in [2.45, 2.75) is 33.1 Å². The summed E-state index contributed by atoms with van der Waals surface area (Å²) < 4.78 is 5.11. The van der Waals surface area contributed by atoms with Crippen molar-refractivity contribution in [3.63, 3.8) is 0 Å². The van der Waals surface area contributed by atoms with Crippen molar-refractivity contribution in [2.75, 3.05) is 45.2 Å². The van der Waals surface area contributed by atoms with Crippen molar-refractivity contribution in [1.82, 2.24) is 14.9 Å². The Morgan fingerprint density at radius 3 is 2.81 bits per heavy atom. The van der Waals surface area contributed by atoms with Gasteiger partial charge in [-0.25, -0.2) is 9.78 Å². The number of thiazole rings is 1. The fourth-order valence-corrected chi connectivity index (χ4v) is 4.56. The van der Waals surface area contributed by atoms with Gasteiger partial charge in [-0.05, 0) is 70.5 Å². The molecule has 2 aromatic heterocycles. The van der Waals surface area contributed by atoms with Gasteiger partial charge < -0.3 is 19.5 Å². The maximum atomic E-state index is 12.0. The highest BCUT2D eigenvalue weighted by Crippen LogP contribution is 2.26. The number of fused-ring (bicyclic) bond motifs is 1. The molecule has 0 fully saturated rings. The van der Waals surface area contributed by atoms with Crippen molar-refractivity contribution in [3.8, 4) is 6.07 Å². The predicted octanol–water partition coefficient (Wildman–Crippen LogP) is 4.37. The minimum Gasteiger partial charge on any atom is -0.462 e. The van der Waals surface area contributed by atoms with E-state index in [1.54, 1.807) is 0 Å². The molecule has 1 aromatic carbocycles. The number of aromatic amines is 1. The molecule has 0 amide bonds. The number of benzene rings is 1. The quantitative estimate of drug-likeness (QED) is 0.343. The summed E-state index contributed by atoms with van der Waals surface area (Å²) in [5.74, 6) is -0.293. The fraction of sp³-hybridized carbons (Fsp3) is 0.458. The Morgan fingerprint density at radius 2 is 2.06 bits per heavy atom. The first-order valence-electron chi connectivity index (χ1n) is 11.0. The SMILES string of the molecule is CCOC(=O)c1sc(N(C)CCN(C)CCCCc2c[nH]c3ccc(C#N)cc23)nc1C. The monoisotopic (exact) mass is 453 g/mol. The zero-order valence-corrected chi connectivity index (χ0v) is 20.1. The lowest BCUT2D eigenvalue weighted by Gasteiger charge is -2.21. The van der Waals surface area contributed by atoms with Crippen molar-refractivity contribution in [3.05, 3.63) is 46.1 Å². The van der Waals surface area contributed by atoms with Crippen LogP contribution in [0, 0.1) is 18.3 Å². The van der Waals surface area contributed by atoms with E-state index in [0.717, 1.165) is 60.6 Å². The number of carbonyl (C=O) groups is 1. The molecule has 3 aromatic rings. The molecule has 7 nitrogen and oxygen atoms in total. The second-order valence-corrected chi connectivity index (χ2v) is 8.98. The Morgan fingerprint density at radius 1 is 1.25 bits per heavy atom. The number of anilines is 1. The van der Waals surface area contributed by atoms with Gasteiger partial charge in [-0.15, -0.1) is 0 Å². The van der Waals surface area contributed by atoms with Gasteiger partial charge in [-0.1, -0.05) is 11.3 Å². The van der Waals surface area contributed by atoms with Gasteiger partial charge in [-0.2, -0.15) is 5.26 Å². The van der Waals surface area contributed by atoms with Crippen LogP contribution in [-0.4, -0.2) is 61.2 Å². The molecule has 0 aliphatic carbocycles. The molecule has 0 aliphatic heterocycles. The van der Waals surface area contributed by atoms with E-state index in [0.29, 0.717) is 17.0 Å². The van der Waals surface area contributed by atoms with E-state index in [2.05, 4.69) is 39.1 Å². The highest BCUT2D eigenvalue weighted by Gasteiger charge is 2.18. The summed E-state index contributed by atoms with van der Waals surface area (Å²) in [4.78, 5) is 24.8. The Labute approximate surface area is 193 Å². The smallest absolute Gasteiger partial charge is 0.350 e. The largest absolute Gasteiger partial charge is 0.462 e. The molecule has 8 heteroatoms. The lowest BCUT2D eigenvalue weighted by atomic mass is 10.1. The molecule has 0 saturated carbocycles. The van der Waals surface area contributed by atoms with Gasteiger partial charge in [0.05, 0.1) is 23.9 Å². The Kier molecular flexibility index (Phi) is 8.26. The first-order chi connectivity index (χ1) is 15.4. The number of nitriles is 1. The minimum atomic E-state index is -0.293. The number of esters is 1. The number of hydrogen-bond donors (Lipinski definition) is 1. The van der Waals surface area contributed by atoms with Crippen molar-refractivity contribution < 1.29 is 9.53 Å². The third kappa shape index (κ3) is 5.87. The molecule has 0 spiro atoms. The molecule has 0 unspecified atom stereocenters. The van der Waals surface area contributed by atoms with Gasteiger partial charge in [0, 0.05) is 37.2 Å². The zero-order valence-electron chi connectivity index (χ0n) is 19.3. The maximum absolute atomic E-state index is 12.0. The van der Waals surface area contributed by atoms with Crippen LogP contribution in [0.2, 0.25) is 0 Å². The average molecular weight is 454 g/mol. The van der Waals surface area contributed by atoms with E-state index in [9.17, 15) is 4.79 Å². The van der Waals surface area contributed by atoms with E-state index in [4.69, 9.17) is 10.00 Å². The normalized spacial score (nSPS) is 11.1. The summed E-state index contributed by atoms with van der Waals surface area (Å²) in [7, 11) is 4.14. The number of likely N-dealkylation sites (N-methyl/N-ethyl adjacent to an activating group) is 2. The topological polar surface area (TPSA) is 85.2 Å². The number of unbranched alkanes of at least 4 members (excludes halogenated alkanes) is 1. The van der Waals surface area contributed by atoms with Crippen LogP contribution in [0.4, 0.5) is 5.13 Å². The molecule has 0 saturated heterocycles. The Hall–Kier alpha value is -2.89. The first-order valence-corrected chi connectivity index (χ1v) is 11.8. The van der Waals surface area contributed by atoms with Crippen LogP contribution < -0.4 is 4.90 Å². The third-order valence-electron chi connectivity index (χ3n) is 5.52. The molecule has 0 radical (unpaired) electrons.